The van der Waals surface area contributed by atoms with E-state index in [2.05, 4.69) is 28.9 Å². The summed E-state index contributed by atoms with van der Waals surface area (Å²) < 4.78 is 5.36. The molecule has 0 bridgehead atoms. The smallest absolute Gasteiger partial charge is 0.327 e. The second kappa shape index (κ2) is 7.97. The third-order valence-electron chi connectivity index (χ3n) is 5.12. The number of ether oxygens (including phenoxy) is 1. The largest absolute Gasteiger partial charge is 0.380 e. The van der Waals surface area contributed by atoms with Crippen LogP contribution in [0.5, 0.6) is 0 Å². The zero-order chi connectivity index (χ0) is 19.6. The summed E-state index contributed by atoms with van der Waals surface area (Å²) in [5.41, 5.74) is 4.92. The van der Waals surface area contributed by atoms with Crippen molar-refractivity contribution in [3.8, 4) is 0 Å². The highest BCUT2D eigenvalue weighted by molar-refractivity contribution is 7.18. The van der Waals surface area contributed by atoms with Crippen LogP contribution in [0.2, 0.25) is 0 Å². The number of nitrogens with zero attached hydrogens (tertiary/aromatic N) is 5. The standard InChI is InChI=1S/C17H28N6O3S/c1-4-26-10-9-22-13(24)17(23(16(22)25)11-12(2)3)5-7-21(8-6-17)15-20-19-14(18)27-15/h12H,4-11H2,1-3H3,(H2,18,19). The molecule has 3 heterocycles. The molecule has 9 nitrogen and oxygen atoms in total. The van der Waals surface area contributed by atoms with Crippen LogP contribution in [0.25, 0.3) is 0 Å². The van der Waals surface area contributed by atoms with Crippen molar-refractivity contribution in [2.24, 2.45) is 5.92 Å². The molecule has 1 aromatic heterocycles. The van der Waals surface area contributed by atoms with Crippen LogP contribution in [0, 0.1) is 5.92 Å². The van der Waals surface area contributed by atoms with Crippen molar-refractivity contribution in [3.63, 3.8) is 0 Å². The van der Waals surface area contributed by atoms with Gasteiger partial charge in [-0.2, -0.15) is 0 Å². The van der Waals surface area contributed by atoms with E-state index in [1.807, 2.05) is 6.92 Å². The first-order valence-electron chi connectivity index (χ1n) is 9.44. The third kappa shape index (κ3) is 3.73. The molecule has 0 unspecified atom stereocenters. The Morgan fingerprint density at radius 1 is 1.26 bits per heavy atom. The molecule has 3 amide bonds. The maximum Gasteiger partial charge on any atom is 0.327 e. The molecule has 3 rings (SSSR count). The fraction of sp³-hybridized carbons (Fsp3) is 0.765. The van der Waals surface area contributed by atoms with E-state index < -0.39 is 5.54 Å². The number of hydrogen-bond acceptors (Lipinski definition) is 8. The highest BCUT2D eigenvalue weighted by Crippen LogP contribution is 2.39. The molecule has 0 aliphatic carbocycles. The van der Waals surface area contributed by atoms with Gasteiger partial charge in [0.25, 0.3) is 5.91 Å². The van der Waals surface area contributed by atoms with Crippen molar-refractivity contribution in [2.75, 3.05) is 50.0 Å². The lowest BCUT2D eigenvalue weighted by molar-refractivity contribution is -0.134. The van der Waals surface area contributed by atoms with Crippen molar-refractivity contribution in [2.45, 2.75) is 39.2 Å². The molecular weight excluding hydrogens is 368 g/mol. The molecule has 1 spiro atoms. The van der Waals surface area contributed by atoms with E-state index in [1.54, 1.807) is 4.90 Å². The Hall–Kier alpha value is -1.94. The van der Waals surface area contributed by atoms with Gasteiger partial charge in [-0.05, 0) is 25.7 Å². The molecule has 2 N–H and O–H groups in total. The van der Waals surface area contributed by atoms with E-state index in [1.165, 1.54) is 16.2 Å². The number of urea groups is 1. The van der Waals surface area contributed by atoms with Gasteiger partial charge in [0, 0.05) is 26.2 Å². The Labute approximate surface area is 163 Å². The first kappa shape index (κ1) is 19.8. The molecule has 27 heavy (non-hydrogen) atoms. The summed E-state index contributed by atoms with van der Waals surface area (Å²) in [5.74, 6) is 0.190. The monoisotopic (exact) mass is 396 g/mol. The number of imide groups is 1. The van der Waals surface area contributed by atoms with Gasteiger partial charge in [0.15, 0.2) is 0 Å². The normalized spacial score (nSPS) is 19.8. The van der Waals surface area contributed by atoms with Gasteiger partial charge in [-0.15, -0.1) is 10.2 Å². The molecule has 150 valence electrons. The molecule has 10 heteroatoms. The molecule has 2 saturated heterocycles. The topological polar surface area (TPSA) is 105 Å². The lowest BCUT2D eigenvalue weighted by atomic mass is 9.85. The average molecular weight is 397 g/mol. The highest BCUT2D eigenvalue weighted by Gasteiger charge is 2.57. The maximum absolute atomic E-state index is 13.3. The van der Waals surface area contributed by atoms with E-state index in [4.69, 9.17) is 10.5 Å². The third-order valence-corrected chi connectivity index (χ3v) is 5.94. The van der Waals surface area contributed by atoms with Crippen molar-refractivity contribution >= 4 is 33.5 Å². The van der Waals surface area contributed by atoms with Crippen molar-refractivity contribution < 1.29 is 14.3 Å². The van der Waals surface area contributed by atoms with Gasteiger partial charge in [0.2, 0.25) is 10.3 Å². The second-order valence-electron chi connectivity index (χ2n) is 7.38. The van der Waals surface area contributed by atoms with E-state index in [-0.39, 0.29) is 17.9 Å². The number of carbonyl (C=O) groups excluding carboxylic acids is 2. The summed E-state index contributed by atoms with van der Waals surface area (Å²) in [6.07, 6.45) is 1.16. The minimum atomic E-state index is -0.764. The highest BCUT2D eigenvalue weighted by atomic mass is 32.1. The summed E-state index contributed by atoms with van der Waals surface area (Å²) in [6.45, 7) is 9.12. The summed E-state index contributed by atoms with van der Waals surface area (Å²) in [6, 6.07) is -0.193. The number of hydrogen-bond donors (Lipinski definition) is 1. The molecule has 0 atom stereocenters. The Balaban J connectivity index is 1.78. The summed E-state index contributed by atoms with van der Waals surface area (Å²) in [4.78, 5) is 31.5. The Morgan fingerprint density at radius 2 is 1.96 bits per heavy atom. The maximum atomic E-state index is 13.3. The molecule has 0 radical (unpaired) electrons. The Morgan fingerprint density at radius 3 is 2.52 bits per heavy atom. The number of aromatic nitrogens is 2. The van der Waals surface area contributed by atoms with Crippen LogP contribution < -0.4 is 10.6 Å². The van der Waals surface area contributed by atoms with Crippen LogP contribution >= 0.6 is 11.3 Å². The number of amides is 3. The number of nitrogen functional groups attached to an aromatic ring is 1. The second-order valence-corrected chi connectivity index (χ2v) is 8.37. The lowest BCUT2D eigenvalue weighted by Gasteiger charge is -2.42. The molecule has 2 fully saturated rings. The fourth-order valence-electron chi connectivity index (χ4n) is 3.80. The van der Waals surface area contributed by atoms with E-state index in [0.717, 1.165) is 5.13 Å². The van der Waals surface area contributed by atoms with Crippen molar-refractivity contribution in [1.29, 1.82) is 0 Å². The lowest BCUT2D eigenvalue weighted by Crippen LogP contribution is -2.57. The predicted molar refractivity (Wildman–Crippen MR) is 104 cm³/mol. The van der Waals surface area contributed by atoms with Crippen molar-refractivity contribution in [1.82, 2.24) is 20.0 Å². The summed E-state index contributed by atoms with van der Waals surface area (Å²) in [7, 11) is 0. The van der Waals surface area contributed by atoms with E-state index >= 15 is 0 Å². The van der Waals surface area contributed by atoms with Gasteiger partial charge in [-0.1, -0.05) is 25.2 Å². The molecule has 0 aromatic carbocycles. The first-order chi connectivity index (χ1) is 12.9. The number of rotatable bonds is 7. The van der Waals surface area contributed by atoms with Gasteiger partial charge < -0.3 is 20.3 Å². The van der Waals surface area contributed by atoms with E-state index in [0.29, 0.717) is 57.4 Å². The van der Waals surface area contributed by atoms with Crippen molar-refractivity contribution in [3.05, 3.63) is 0 Å². The Bertz CT molecular complexity index is 686. The van der Waals surface area contributed by atoms with Crippen LogP contribution in [-0.4, -0.2) is 76.9 Å². The summed E-state index contributed by atoms with van der Waals surface area (Å²) in [5, 5.41) is 9.16. The minimum Gasteiger partial charge on any atom is -0.380 e. The zero-order valence-electron chi connectivity index (χ0n) is 16.2. The van der Waals surface area contributed by atoms with Gasteiger partial charge in [-0.3, -0.25) is 9.69 Å². The Kier molecular flexibility index (Phi) is 5.85. The van der Waals surface area contributed by atoms with Gasteiger partial charge in [0.05, 0.1) is 13.2 Å². The van der Waals surface area contributed by atoms with Crippen LogP contribution in [-0.2, 0) is 9.53 Å². The number of nitrogens with two attached hydrogens (primary N) is 1. The fourth-order valence-corrected chi connectivity index (χ4v) is 4.47. The SMILES string of the molecule is CCOCCN1C(=O)N(CC(C)C)C2(CCN(c3nnc(N)s3)CC2)C1=O. The van der Waals surface area contributed by atoms with Gasteiger partial charge in [-0.25, -0.2) is 4.79 Å². The zero-order valence-corrected chi connectivity index (χ0v) is 17.0. The molecule has 2 aliphatic rings. The van der Waals surface area contributed by atoms with Crippen LogP contribution in [0.1, 0.15) is 33.6 Å². The molecule has 2 aliphatic heterocycles. The molecule has 0 saturated carbocycles. The van der Waals surface area contributed by atoms with Gasteiger partial charge in [0.1, 0.15) is 5.54 Å². The molecule has 1 aromatic rings. The summed E-state index contributed by atoms with van der Waals surface area (Å²) >= 11 is 1.34. The molecular formula is C17H28N6O3S. The first-order valence-corrected chi connectivity index (χ1v) is 10.3. The quantitative estimate of drug-likeness (QED) is 0.549. The van der Waals surface area contributed by atoms with Crippen LogP contribution in [0.4, 0.5) is 15.1 Å². The number of piperidine rings is 1. The number of anilines is 2. The predicted octanol–water partition coefficient (Wildman–Crippen LogP) is 1.42. The van der Waals surface area contributed by atoms with Gasteiger partial charge >= 0.3 is 6.03 Å². The number of carbonyl (C=O) groups is 2. The van der Waals surface area contributed by atoms with Crippen LogP contribution in [0.3, 0.4) is 0 Å². The van der Waals surface area contributed by atoms with Crippen LogP contribution in [0.15, 0.2) is 0 Å². The average Bonchev–Trinajstić information content (AvgIpc) is 3.14. The minimum absolute atomic E-state index is 0.0933. The van der Waals surface area contributed by atoms with E-state index in [9.17, 15) is 9.59 Å².